The number of benzene rings is 3. The Kier molecular flexibility index (Phi) is 4.21. The second-order valence-electron chi connectivity index (χ2n) is 6.45. The molecule has 0 spiro atoms. The molecular weight excluding hydrogens is 370 g/mol. The second-order valence-corrected chi connectivity index (χ2v) is 7.39. The van der Waals surface area contributed by atoms with Crippen LogP contribution in [-0.2, 0) is 12.2 Å². The van der Waals surface area contributed by atoms with Crippen molar-refractivity contribution < 1.29 is 4.42 Å². The molecule has 28 heavy (non-hydrogen) atoms. The third-order valence-electron chi connectivity index (χ3n) is 4.63. The zero-order valence-corrected chi connectivity index (χ0v) is 15.8. The van der Waals surface area contributed by atoms with Crippen molar-refractivity contribution in [2.75, 3.05) is 5.84 Å². The van der Waals surface area contributed by atoms with E-state index in [2.05, 4.69) is 45.5 Å². The standard InChI is InChI=1S/C21H17N5OS/c22-26-19(12-15-8-5-7-14-6-1-2-9-16(14)15)24-25-21(26)28-13-20-23-17-10-3-4-11-18(17)27-20/h1-11H,12-13,22H2. The molecule has 0 aliphatic carbocycles. The summed E-state index contributed by atoms with van der Waals surface area (Å²) in [5.74, 6) is 8.16. The number of rotatable bonds is 5. The van der Waals surface area contributed by atoms with Crippen LogP contribution in [0.2, 0.25) is 0 Å². The van der Waals surface area contributed by atoms with Gasteiger partial charge in [0.05, 0.1) is 5.75 Å². The van der Waals surface area contributed by atoms with Crippen LogP contribution < -0.4 is 5.84 Å². The molecule has 2 N–H and O–H groups in total. The molecule has 0 aliphatic rings. The Morgan fingerprint density at radius 3 is 2.68 bits per heavy atom. The summed E-state index contributed by atoms with van der Waals surface area (Å²) in [5, 5.41) is 11.6. The van der Waals surface area contributed by atoms with E-state index in [1.54, 1.807) is 4.68 Å². The first-order valence-electron chi connectivity index (χ1n) is 8.91. The van der Waals surface area contributed by atoms with E-state index in [0.717, 1.165) is 16.9 Å². The van der Waals surface area contributed by atoms with Gasteiger partial charge in [0.1, 0.15) is 5.52 Å². The number of hydrogen-bond acceptors (Lipinski definition) is 6. The summed E-state index contributed by atoms with van der Waals surface area (Å²) in [6, 6.07) is 22.3. The highest BCUT2D eigenvalue weighted by Crippen LogP contribution is 2.25. The van der Waals surface area contributed by atoms with Crippen molar-refractivity contribution in [3.05, 3.63) is 84.0 Å². The molecule has 3 aromatic carbocycles. The highest BCUT2D eigenvalue weighted by Gasteiger charge is 2.14. The molecule has 0 saturated carbocycles. The lowest BCUT2D eigenvalue weighted by Crippen LogP contribution is -2.14. The number of nitrogens with zero attached hydrogens (tertiary/aromatic N) is 4. The van der Waals surface area contributed by atoms with Crippen molar-refractivity contribution in [1.82, 2.24) is 19.9 Å². The highest BCUT2D eigenvalue weighted by molar-refractivity contribution is 7.98. The highest BCUT2D eigenvalue weighted by atomic mass is 32.2. The Morgan fingerprint density at radius 2 is 1.75 bits per heavy atom. The summed E-state index contributed by atoms with van der Waals surface area (Å²) >= 11 is 1.46. The van der Waals surface area contributed by atoms with Gasteiger partial charge < -0.3 is 10.3 Å². The fourth-order valence-corrected chi connectivity index (χ4v) is 3.97. The van der Waals surface area contributed by atoms with Gasteiger partial charge in [0.25, 0.3) is 0 Å². The summed E-state index contributed by atoms with van der Waals surface area (Å²) in [6.07, 6.45) is 0.619. The Hall–Kier alpha value is -3.32. The van der Waals surface area contributed by atoms with E-state index in [1.807, 2.05) is 36.4 Å². The van der Waals surface area contributed by atoms with Crippen molar-refractivity contribution in [2.45, 2.75) is 17.3 Å². The molecule has 7 heteroatoms. The zero-order valence-electron chi connectivity index (χ0n) is 14.9. The van der Waals surface area contributed by atoms with Gasteiger partial charge in [0.2, 0.25) is 11.0 Å². The molecule has 0 bridgehead atoms. The molecule has 0 saturated heterocycles. The van der Waals surface area contributed by atoms with E-state index in [4.69, 9.17) is 10.3 Å². The van der Waals surface area contributed by atoms with Crippen LogP contribution in [0.4, 0.5) is 0 Å². The summed E-state index contributed by atoms with van der Waals surface area (Å²) < 4.78 is 7.30. The largest absolute Gasteiger partial charge is 0.440 e. The quantitative estimate of drug-likeness (QED) is 0.360. The molecule has 0 amide bonds. The van der Waals surface area contributed by atoms with E-state index in [0.29, 0.717) is 23.2 Å². The molecule has 2 aromatic heterocycles. The fourth-order valence-electron chi connectivity index (χ4n) is 3.25. The minimum atomic E-state index is 0.540. The van der Waals surface area contributed by atoms with E-state index >= 15 is 0 Å². The summed E-state index contributed by atoms with van der Waals surface area (Å²) in [6.45, 7) is 0. The lowest BCUT2D eigenvalue weighted by atomic mass is 10.0. The molecule has 5 rings (SSSR count). The molecule has 138 valence electrons. The molecule has 5 aromatic rings. The average molecular weight is 387 g/mol. The van der Waals surface area contributed by atoms with Crippen molar-refractivity contribution in [2.24, 2.45) is 0 Å². The third-order valence-corrected chi connectivity index (χ3v) is 5.55. The van der Waals surface area contributed by atoms with Crippen LogP contribution in [0, 0.1) is 0 Å². The molecule has 6 nitrogen and oxygen atoms in total. The minimum absolute atomic E-state index is 0.540. The SMILES string of the molecule is Nn1c(Cc2cccc3ccccc23)nnc1SCc1nc2ccccc2o1. The maximum atomic E-state index is 6.25. The summed E-state index contributed by atoms with van der Waals surface area (Å²) in [4.78, 5) is 4.48. The number of thioether (sulfide) groups is 1. The topological polar surface area (TPSA) is 82.8 Å². The Bertz CT molecular complexity index is 1240. The molecule has 2 heterocycles. The van der Waals surface area contributed by atoms with Gasteiger partial charge in [-0.15, -0.1) is 10.2 Å². The van der Waals surface area contributed by atoms with Crippen molar-refractivity contribution in [3.63, 3.8) is 0 Å². The first kappa shape index (κ1) is 16.8. The average Bonchev–Trinajstić information content (AvgIpc) is 3.30. The molecule has 0 radical (unpaired) electrons. The number of hydrogen-bond donors (Lipinski definition) is 1. The number of fused-ring (bicyclic) bond motifs is 2. The van der Waals surface area contributed by atoms with E-state index in [9.17, 15) is 0 Å². The van der Waals surface area contributed by atoms with Gasteiger partial charge in [0.15, 0.2) is 11.4 Å². The Labute approximate surface area is 165 Å². The van der Waals surface area contributed by atoms with Crippen molar-refractivity contribution in [3.8, 4) is 0 Å². The van der Waals surface area contributed by atoms with Gasteiger partial charge in [-0.25, -0.2) is 9.66 Å². The lowest BCUT2D eigenvalue weighted by molar-refractivity contribution is 0.556. The smallest absolute Gasteiger partial charge is 0.210 e. The number of nitrogens with two attached hydrogens (primary N) is 1. The van der Waals surface area contributed by atoms with Crippen LogP contribution in [0.15, 0.2) is 76.3 Å². The van der Waals surface area contributed by atoms with Crippen LogP contribution in [0.5, 0.6) is 0 Å². The second kappa shape index (κ2) is 7.01. The number of oxazole rings is 1. The predicted molar refractivity (Wildman–Crippen MR) is 110 cm³/mol. The number of para-hydroxylation sites is 2. The van der Waals surface area contributed by atoms with Gasteiger partial charge in [-0.1, -0.05) is 66.4 Å². The van der Waals surface area contributed by atoms with Crippen LogP contribution in [0.1, 0.15) is 17.3 Å². The van der Waals surface area contributed by atoms with E-state index in [1.165, 1.54) is 28.1 Å². The molecule has 0 atom stereocenters. The predicted octanol–water partition coefficient (Wildman–Crippen LogP) is 4.17. The summed E-state index contributed by atoms with van der Waals surface area (Å²) in [7, 11) is 0. The minimum Gasteiger partial charge on any atom is -0.440 e. The van der Waals surface area contributed by atoms with Crippen LogP contribution in [0.25, 0.3) is 21.9 Å². The van der Waals surface area contributed by atoms with Gasteiger partial charge in [-0.2, -0.15) is 0 Å². The third kappa shape index (κ3) is 3.10. The molecule has 0 unspecified atom stereocenters. The van der Waals surface area contributed by atoms with Crippen LogP contribution in [-0.4, -0.2) is 19.9 Å². The van der Waals surface area contributed by atoms with Crippen molar-refractivity contribution >= 4 is 33.6 Å². The number of nitrogen functional groups attached to an aromatic ring is 1. The Morgan fingerprint density at radius 1 is 0.929 bits per heavy atom. The van der Waals surface area contributed by atoms with Crippen LogP contribution in [0.3, 0.4) is 0 Å². The number of aromatic nitrogens is 4. The normalized spacial score (nSPS) is 11.4. The molecular formula is C21H17N5OS. The zero-order chi connectivity index (χ0) is 18.9. The van der Waals surface area contributed by atoms with Gasteiger partial charge in [-0.05, 0) is 28.5 Å². The lowest BCUT2D eigenvalue weighted by Gasteiger charge is -2.06. The van der Waals surface area contributed by atoms with Crippen molar-refractivity contribution in [1.29, 1.82) is 0 Å². The van der Waals surface area contributed by atoms with Gasteiger partial charge >= 0.3 is 0 Å². The van der Waals surface area contributed by atoms with Crippen LogP contribution >= 0.6 is 11.8 Å². The van der Waals surface area contributed by atoms with E-state index in [-0.39, 0.29) is 0 Å². The molecule has 0 aliphatic heterocycles. The Balaban J connectivity index is 1.35. The first-order valence-corrected chi connectivity index (χ1v) is 9.90. The molecule has 0 fully saturated rings. The van der Waals surface area contributed by atoms with Gasteiger partial charge in [-0.3, -0.25) is 0 Å². The van der Waals surface area contributed by atoms with E-state index < -0.39 is 0 Å². The summed E-state index contributed by atoms with van der Waals surface area (Å²) in [5.41, 5.74) is 2.81. The fraction of sp³-hybridized carbons (Fsp3) is 0.0952. The first-order chi connectivity index (χ1) is 13.8. The monoisotopic (exact) mass is 387 g/mol. The maximum absolute atomic E-state index is 6.25. The maximum Gasteiger partial charge on any atom is 0.210 e. The van der Waals surface area contributed by atoms with Gasteiger partial charge in [0, 0.05) is 6.42 Å².